The van der Waals surface area contributed by atoms with Crippen molar-refractivity contribution in [1.29, 1.82) is 0 Å². The van der Waals surface area contributed by atoms with Crippen LogP contribution in [0.25, 0.3) is 0 Å². The van der Waals surface area contributed by atoms with Crippen molar-refractivity contribution in [3.8, 4) is 0 Å². The van der Waals surface area contributed by atoms with Crippen molar-refractivity contribution < 1.29 is 9.52 Å². The molecule has 0 spiro atoms. The Hall–Kier alpha value is -1.38. The Morgan fingerprint density at radius 3 is 2.73 bits per heavy atom. The van der Waals surface area contributed by atoms with Gasteiger partial charge in [-0.25, -0.2) is 0 Å². The van der Waals surface area contributed by atoms with Gasteiger partial charge >= 0.3 is 0 Å². The quantitative estimate of drug-likeness (QED) is 0.339. The van der Waals surface area contributed by atoms with E-state index >= 15 is 0 Å². The van der Waals surface area contributed by atoms with Crippen molar-refractivity contribution in [2.24, 2.45) is 0 Å². The van der Waals surface area contributed by atoms with Crippen molar-refractivity contribution >= 4 is 5.78 Å². The van der Waals surface area contributed by atoms with Gasteiger partial charge in [-0.3, -0.25) is 4.79 Å². The van der Waals surface area contributed by atoms with Crippen molar-refractivity contribution in [2.75, 3.05) is 0 Å². The van der Waals surface area contributed by atoms with Gasteiger partial charge in [0.05, 0.1) is 0 Å². The van der Waals surface area contributed by atoms with E-state index in [1.165, 1.54) is 25.4 Å². The summed E-state index contributed by atoms with van der Waals surface area (Å²) in [5, 5.41) is 10.7. The van der Waals surface area contributed by atoms with Gasteiger partial charge in [0.1, 0.15) is 0 Å². The van der Waals surface area contributed by atoms with E-state index in [0.29, 0.717) is 10.3 Å². The summed E-state index contributed by atoms with van der Waals surface area (Å²) in [6.07, 6.45) is 2.71. The number of aromatic nitrogens is 1. The highest BCUT2D eigenvalue weighted by molar-refractivity contribution is 5.95. The number of carbonyl (C=O) groups excluding carboxylic acids is 1. The molecule has 1 heterocycles. The molecule has 0 N–H and O–H groups in total. The van der Waals surface area contributed by atoms with Crippen LogP contribution in [0.15, 0.2) is 18.5 Å². The standard InChI is InChI=1S/C8H9NO2/c1-6-5-9(11)4-3-8(6)7(2)10/h3-5H,1-2H3. The van der Waals surface area contributed by atoms with Gasteiger partial charge in [-0.15, -0.1) is 0 Å². The number of hydrogen-bond donors (Lipinski definition) is 0. The first-order valence-electron chi connectivity index (χ1n) is 3.31. The zero-order valence-electron chi connectivity index (χ0n) is 6.50. The molecule has 0 aromatic carbocycles. The molecule has 1 aromatic rings. The fourth-order valence-electron chi connectivity index (χ4n) is 0.978. The molecule has 0 aliphatic heterocycles. The normalized spacial score (nSPS) is 9.64. The lowest BCUT2D eigenvalue weighted by Crippen LogP contribution is -2.25. The van der Waals surface area contributed by atoms with Gasteiger partial charge in [0.2, 0.25) is 0 Å². The zero-order chi connectivity index (χ0) is 8.43. The first-order valence-corrected chi connectivity index (χ1v) is 3.31. The van der Waals surface area contributed by atoms with Crippen LogP contribution in [0.5, 0.6) is 0 Å². The van der Waals surface area contributed by atoms with Crippen LogP contribution in [-0.4, -0.2) is 5.78 Å². The second-order valence-corrected chi connectivity index (χ2v) is 2.46. The molecule has 0 saturated carbocycles. The maximum Gasteiger partial charge on any atom is 0.183 e. The number of pyridine rings is 1. The molecule has 0 unspecified atom stereocenters. The van der Waals surface area contributed by atoms with Crippen LogP contribution in [0.1, 0.15) is 22.8 Å². The summed E-state index contributed by atoms with van der Waals surface area (Å²) in [7, 11) is 0. The van der Waals surface area contributed by atoms with Gasteiger partial charge in [-0.05, 0) is 13.8 Å². The Morgan fingerprint density at radius 1 is 1.64 bits per heavy atom. The van der Waals surface area contributed by atoms with Crippen LogP contribution in [0.2, 0.25) is 0 Å². The van der Waals surface area contributed by atoms with Gasteiger partial charge in [0.25, 0.3) is 0 Å². The molecule has 0 radical (unpaired) electrons. The molecule has 0 atom stereocenters. The average molecular weight is 151 g/mol. The molecule has 3 nitrogen and oxygen atoms in total. The Morgan fingerprint density at radius 2 is 2.27 bits per heavy atom. The predicted molar refractivity (Wildman–Crippen MR) is 40.1 cm³/mol. The van der Waals surface area contributed by atoms with Gasteiger partial charge < -0.3 is 5.21 Å². The van der Waals surface area contributed by atoms with E-state index < -0.39 is 0 Å². The number of rotatable bonds is 1. The SMILES string of the molecule is CC(=O)c1cc[n+]([O-])cc1C. The van der Waals surface area contributed by atoms with Crippen LogP contribution < -0.4 is 4.73 Å². The van der Waals surface area contributed by atoms with E-state index in [1.807, 2.05) is 0 Å². The molecule has 58 valence electrons. The lowest BCUT2D eigenvalue weighted by molar-refractivity contribution is -0.605. The third-order valence-corrected chi connectivity index (χ3v) is 1.51. The third kappa shape index (κ3) is 1.55. The van der Waals surface area contributed by atoms with Gasteiger partial charge in [-0.2, -0.15) is 4.73 Å². The highest BCUT2D eigenvalue weighted by atomic mass is 16.5. The van der Waals surface area contributed by atoms with Gasteiger partial charge in [-0.1, -0.05) is 0 Å². The number of carbonyl (C=O) groups is 1. The number of hydrogen-bond acceptors (Lipinski definition) is 2. The minimum atomic E-state index is -0.0110. The van der Waals surface area contributed by atoms with E-state index in [9.17, 15) is 10.0 Å². The Kier molecular flexibility index (Phi) is 1.89. The molecule has 1 aromatic heterocycles. The van der Waals surface area contributed by atoms with E-state index in [1.54, 1.807) is 6.92 Å². The predicted octanol–water partition coefficient (Wildman–Crippen LogP) is 0.831. The Bertz CT molecular complexity index is 294. The molecule has 11 heavy (non-hydrogen) atoms. The number of aryl methyl sites for hydroxylation is 1. The second kappa shape index (κ2) is 2.70. The summed E-state index contributed by atoms with van der Waals surface area (Å²) in [5.41, 5.74) is 1.33. The van der Waals surface area contributed by atoms with Crippen LogP contribution in [-0.2, 0) is 0 Å². The number of ketones is 1. The second-order valence-electron chi connectivity index (χ2n) is 2.46. The van der Waals surface area contributed by atoms with Crippen molar-refractivity contribution in [1.82, 2.24) is 0 Å². The van der Waals surface area contributed by atoms with E-state index in [0.717, 1.165) is 5.56 Å². The van der Waals surface area contributed by atoms with Crippen LogP contribution in [0.3, 0.4) is 0 Å². The molecular weight excluding hydrogens is 142 g/mol. The molecule has 0 aliphatic rings. The van der Waals surface area contributed by atoms with Crippen LogP contribution in [0.4, 0.5) is 0 Å². The van der Waals surface area contributed by atoms with Crippen LogP contribution >= 0.6 is 0 Å². The molecule has 0 aliphatic carbocycles. The number of Topliss-reactive ketones (excluding diaryl/α,β-unsaturated/α-hetero) is 1. The first-order chi connectivity index (χ1) is 5.11. The number of nitrogens with zero attached hydrogens (tertiary/aromatic N) is 1. The fraction of sp³-hybridized carbons (Fsp3) is 0.250. The topological polar surface area (TPSA) is 44.0 Å². The highest BCUT2D eigenvalue weighted by Crippen LogP contribution is 2.03. The Balaban J connectivity index is 3.20. The van der Waals surface area contributed by atoms with Gasteiger partial charge in [0, 0.05) is 17.2 Å². The molecular formula is C8H9NO2. The van der Waals surface area contributed by atoms with E-state index in [2.05, 4.69) is 0 Å². The molecule has 0 saturated heterocycles. The molecule has 0 fully saturated rings. The largest absolute Gasteiger partial charge is 0.619 e. The minimum Gasteiger partial charge on any atom is -0.619 e. The first kappa shape index (κ1) is 7.72. The lowest BCUT2D eigenvalue weighted by Gasteiger charge is -2.00. The summed E-state index contributed by atoms with van der Waals surface area (Å²) >= 11 is 0. The average Bonchev–Trinajstić information content (AvgIpc) is 1.85. The zero-order valence-corrected chi connectivity index (χ0v) is 6.50. The minimum absolute atomic E-state index is 0.0110. The molecule has 0 bridgehead atoms. The van der Waals surface area contributed by atoms with E-state index in [-0.39, 0.29) is 5.78 Å². The summed E-state index contributed by atoms with van der Waals surface area (Å²) < 4.78 is 0.682. The van der Waals surface area contributed by atoms with Crippen molar-refractivity contribution in [3.63, 3.8) is 0 Å². The summed E-state index contributed by atoms with van der Waals surface area (Å²) in [6, 6.07) is 1.53. The molecule has 3 heteroatoms. The summed E-state index contributed by atoms with van der Waals surface area (Å²) in [5.74, 6) is -0.0110. The maximum absolute atomic E-state index is 10.9. The van der Waals surface area contributed by atoms with E-state index in [4.69, 9.17) is 0 Å². The monoisotopic (exact) mass is 151 g/mol. The third-order valence-electron chi connectivity index (χ3n) is 1.51. The molecule has 1 rings (SSSR count). The van der Waals surface area contributed by atoms with Crippen molar-refractivity contribution in [2.45, 2.75) is 13.8 Å². The Labute approximate surface area is 64.9 Å². The maximum atomic E-state index is 10.9. The van der Waals surface area contributed by atoms with Gasteiger partial charge in [0.15, 0.2) is 18.2 Å². The van der Waals surface area contributed by atoms with Crippen LogP contribution in [0, 0.1) is 12.1 Å². The van der Waals surface area contributed by atoms with Crippen molar-refractivity contribution in [3.05, 3.63) is 34.8 Å². The summed E-state index contributed by atoms with van der Waals surface area (Å²) in [6.45, 7) is 3.22. The molecule has 0 amide bonds. The smallest absolute Gasteiger partial charge is 0.183 e. The summed E-state index contributed by atoms with van der Waals surface area (Å²) in [4.78, 5) is 10.9. The lowest BCUT2D eigenvalue weighted by atomic mass is 10.1. The highest BCUT2D eigenvalue weighted by Gasteiger charge is 2.05. The fourth-order valence-corrected chi connectivity index (χ4v) is 0.978.